The van der Waals surface area contributed by atoms with Crippen molar-refractivity contribution in [1.82, 2.24) is 5.43 Å². The molecular formula is C19H15N5O4. The van der Waals surface area contributed by atoms with Gasteiger partial charge in [0.2, 0.25) is 5.91 Å². The summed E-state index contributed by atoms with van der Waals surface area (Å²) in [6.45, 7) is 1.40. The summed E-state index contributed by atoms with van der Waals surface area (Å²) in [6, 6.07) is 14.0. The molecular weight excluding hydrogens is 362 g/mol. The molecule has 0 saturated carbocycles. The lowest BCUT2D eigenvalue weighted by atomic mass is 10.1. The second kappa shape index (κ2) is 9.40. The number of amides is 2. The molecule has 0 saturated heterocycles. The lowest BCUT2D eigenvalue weighted by Crippen LogP contribution is -2.19. The van der Waals surface area contributed by atoms with Crippen molar-refractivity contribution >= 4 is 35.5 Å². The molecule has 28 heavy (non-hydrogen) atoms. The van der Waals surface area contributed by atoms with Gasteiger partial charge in [-0.2, -0.15) is 10.4 Å². The monoisotopic (exact) mass is 377 g/mol. The fourth-order valence-corrected chi connectivity index (χ4v) is 2.12. The first kappa shape index (κ1) is 20.0. The van der Waals surface area contributed by atoms with Gasteiger partial charge in [-0.1, -0.05) is 24.3 Å². The molecule has 0 heterocycles. The molecule has 0 aliphatic rings. The molecule has 0 fully saturated rings. The van der Waals surface area contributed by atoms with Crippen molar-refractivity contribution in [1.29, 1.82) is 5.26 Å². The summed E-state index contributed by atoms with van der Waals surface area (Å²) in [7, 11) is 0. The highest BCUT2D eigenvalue weighted by atomic mass is 16.6. The van der Waals surface area contributed by atoms with E-state index in [0.717, 1.165) is 0 Å². The first-order valence-electron chi connectivity index (χ1n) is 7.96. The van der Waals surface area contributed by atoms with E-state index in [9.17, 15) is 19.7 Å². The second-order valence-electron chi connectivity index (χ2n) is 5.52. The van der Waals surface area contributed by atoms with Crippen molar-refractivity contribution in [3.05, 3.63) is 75.3 Å². The Labute approximate surface area is 160 Å². The topological polar surface area (TPSA) is 137 Å². The van der Waals surface area contributed by atoms with Gasteiger partial charge in [-0.3, -0.25) is 19.7 Å². The minimum atomic E-state index is -0.750. The first-order chi connectivity index (χ1) is 13.4. The summed E-state index contributed by atoms with van der Waals surface area (Å²) in [5.74, 6) is -0.937. The Bertz CT molecular complexity index is 1000. The summed E-state index contributed by atoms with van der Waals surface area (Å²) in [5.41, 5.74) is 3.46. The molecule has 0 spiro atoms. The van der Waals surface area contributed by atoms with Gasteiger partial charge in [0, 0.05) is 24.7 Å². The van der Waals surface area contributed by atoms with E-state index in [1.807, 2.05) is 0 Å². The maximum Gasteiger partial charge on any atom is 0.282 e. The van der Waals surface area contributed by atoms with Crippen LogP contribution in [0.25, 0.3) is 6.08 Å². The number of nitro groups is 1. The number of rotatable bonds is 6. The number of carbonyl (C=O) groups excluding carboxylic acids is 2. The zero-order valence-electron chi connectivity index (χ0n) is 14.7. The maximum absolute atomic E-state index is 12.1. The molecule has 2 N–H and O–H groups in total. The molecule has 0 aliphatic heterocycles. The first-order valence-corrected chi connectivity index (χ1v) is 7.96. The van der Waals surface area contributed by atoms with Crippen LogP contribution in [0.1, 0.15) is 18.1 Å². The summed E-state index contributed by atoms with van der Waals surface area (Å²) in [6.07, 6.45) is 2.61. The van der Waals surface area contributed by atoms with Crippen LogP contribution in [0.5, 0.6) is 0 Å². The normalized spacial score (nSPS) is 10.9. The summed E-state index contributed by atoms with van der Waals surface area (Å²) < 4.78 is 0. The maximum atomic E-state index is 12.1. The van der Waals surface area contributed by atoms with Crippen LogP contribution in [0.4, 0.5) is 11.4 Å². The van der Waals surface area contributed by atoms with E-state index in [1.165, 1.54) is 43.5 Å². The number of hydrogen-bond acceptors (Lipinski definition) is 6. The SMILES string of the molecule is CC(=O)Nc1ccc(/C=N/NC(=O)/C(C#N)=C/c2cccc([N+](=O)[O-])c2)cc1. The van der Waals surface area contributed by atoms with Gasteiger partial charge in [0.25, 0.3) is 11.6 Å². The Morgan fingerprint density at radius 1 is 1.18 bits per heavy atom. The summed E-state index contributed by atoms with van der Waals surface area (Å²) >= 11 is 0. The summed E-state index contributed by atoms with van der Waals surface area (Å²) in [5, 5.41) is 26.3. The van der Waals surface area contributed by atoms with Crippen LogP contribution in [0.3, 0.4) is 0 Å². The van der Waals surface area contributed by atoms with E-state index < -0.39 is 10.8 Å². The third kappa shape index (κ3) is 5.89. The van der Waals surface area contributed by atoms with Crippen molar-refractivity contribution in [2.75, 3.05) is 5.32 Å². The van der Waals surface area contributed by atoms with Crippen LogP contribution < -0.4 is 10.7 Å². The largest absolute Gasteiger partial charge is 0.326 e. The summed E-state index contributed by atoms with van der Waals surface area (Å²) in [4.78, 5) is 33.3. The van der Waals surface area contributed by atoms with Gasteiger partial charge in [0.05, 0.1) is 11.1 Å². The quantitative estimate of drug-likeness (QED) is 0.262. The molecule has 0 radical (unpaired) electrons. The van der Waals surface area contributed by atoms with Gasteiger partial charge in [0.1, 0.15) is 11.6 Å². The predicted molar refractivity (Wildman–Crippen MR) is 103 cm³/mol. The van der Waals surface area contributed by atoms with E-state index in [4.69, 9.17) is 5.26 Å². The predicted octanol–water partition coefficient (Wildman–Crippen LogP) is 2.61. The van der Waals surface area contributed by atoms with Gasteiger partial charge < -0.3 is 5.32 Å². The van der Waals surface area contributed by atoms with Crippen LogP contribution in [0, 0.1) is 21.4 Å². The molecule has 2 aromatic rings. The fourth-order valence-electron chi connectivity index (χ4n) is 2.12. The van der Waals surface area contributed by atoms with E-state index in [1.54, 1.807) is 30.3 Å². The van der Waals surface area contributed by atoms with Gasteiger partial charge in [-0.15, -0.1) is 0 Å². The van der Waals surface area contributed by atoms with Gasteiger partial charge in [-0.05, 0) is 29.3 Å². The number of hydrogen-bond donors (Lipinski definition) is 2. The van der Waals surface area contributed by atoms with Crippen molar-refractivity contribution in [3.63, 3.8) is 0 Å². The van der Waals surface area contributed by atoms with Crippen LogP contribution >= 0.6 is 0 Å². The molecule has 0 unspecified atom stereocenters. The van der Waals surface area contributed by atoms with Crippen LogP contribution in [0.2, 0.25) is 0 Å². The molecule has 2 aromatic carbocycles. The highest BCUT2D eigenvalue weighted by molar-refractivity contribution is 6.02. The van der Waals surface area contributed by atoms with Crippen molar-refractivity contribution in [3.8, 4) is 6.07 Å². The minimum absolute atomic E-state index is 0.146. The Morgan fingerprint density at radius 3 is 2.50 bits per heavy atom. The van der Waals surface area contributed by atoms with E-state index in [-0.39, 0.29) is 17.2 Å². The molecule has 0 bridgehead atoms. The number of nitriles is 1. The number of carbonyl (C=O) groups is 2. The standard InChI is InChI=1S/C19H15N5O4/c1-13(25)22-17-7-5-14(6-8-17)12-21-23-19(26)16(11-20)9-15-3-2-4-18(10-15)24(27)28/h2-10,12H,1H3,(H,22,25)(H,23,26)/b16-9+,21-12+. The Kier molecular flexibility index (Phi) is 6.71. The third-order valence-electron chi connectivity index (χ3n) is 3.37. The number of non-ortho nitro benzene ring substituents is 1. The number of anilines is 1. The Balaban J connectivity index is 2.05. The molecule has 0 aliphatic carbocycles. The molecule has 2 rings (SSSR count). The zero-order valence-corrected chi connectivity index (χ0v) is 14.7. The molecule has 0 atom stereocenters. The Morgan fingerprint density at radius 2 is 1.89 bits per heavy atom. The highest BCUT2D eigenvalue weighted by Gasteiger charge is 2.10. The van der Waals surface area contributed by atoms with E-state index >= 15 is 0 Å². The number of nitrogens with one attached hydrogen (secondary N) is 2. The number of hydrazone groups is 1. The Hall–Kier alpha value is -4.32. The van der Waals surface area contributed by atoms with Crippen LogP contribution in [-0.2, 0) is 9.59 Å². The molecule has 140 valence electrons. The third-order valence-corrected chi connectivity index (χ3v) is 3.37. The second-order valence-corrected chi connectivity index (χ2v) is 5.52. The van der Waals surface area contributed by atoms with Crippen molar-refractivity contribution in [2.24, 2.45) is 5.10 Å². The molecule has 9 heteroatoms. The van der Waals surface area contributed by atoms with E-state index in [2.05, 4.69) is 15.8 Å². The zero-order chi connectivity index (χ0) is 20.5. The lowest BCUT2D eigenvalue weighted by Gasteiger charge is -2.02. The number of nitro benzene ring substituents is 1. The number of benzene rings is 2. The van der Waals surface area contributed by atoms with Crippen LogP contribution in [0.15, 0.2) is 59.2 Å². The highest BCUT2D eigenvalue weighted by Crippen LogP contribution is 2.15. The smallest absolute Gasteiger partial charge is 0.282 e. The van der Waals surface area contributed by atoms with Gasteiger partial charge in [-0.25, -0.2) is 5.43 Å². The molecule has 2 amide bonds. The number of nitrogens with zero attached hydrogens (tertiary/aromatic N) is 3. The van der Waals surface area contributed by atoms with Gasteiger partial charge >= 0.3 is 0 Å². The van der Waals surface area contributed by atoms with Crippen molar-refractivity contribution < 1.29 is 14.5 Å². The minimum Gasteiger partial charge on any atom is -0.326 e. The molecule has 9 nitrogen and oxygen atoms in total. The molecule has 0 aromatic heterocycles. The van der Waals surface area contributed by atoms with Crippen molar-refractivity contribution in [2.45, 2.75) is 6.92 Å². The van der Waals surface area contributed by atoms with E-state index in [0.29, 0.717) is 16.8 Å². The van der Waals surface area contributed by atoms with Crippen LogP contribution in [-0.4, -0.2) is 23.0 Å². The average Bonchev–Trinajstić information content (AvgIpc) is 2.67. The fraction of sp³-hybridized carbons (Fsp3) is 0.0526. The lowest BCUT2D eigenvalue weighted by molar-refractivity contribution is -0.384. The average molecular weight is 377 g/mol. The van der Waals surface area contributed by atoms with Gasteiger partial charge in [0.15, 0.2) is 0 Å².